The van der Waals surface area contributed by atoms with Gasteiger partial charge >= 0.3 is 0 Å². The number of rotatable bonds is 5. The number of amides is 1. The van der Waals surface area contributed by atoms with Crippen molar-refractivity contribution in [2.45, 2.75) is 39.3 Å². The summed E-state index contributed by atoms with van der Waals surface area (Å²) in [5.74, 6) is 1.79. The van der Waals surface area contributed by atoms with E-state index in [0.717, 1.165) is 63.5 Å². The molecule has 156 valence electrons. The summed E-state index contributed by atoms with van der Waals surface area (Å²) in [6.45, 7) is 7.32. The first-order valence-electron chi connectivity index (χ1n) is 11.2. The van der Waals surface area contributed by atoms with Gasteiger partial charge in [-0.3, -0.25) is 9.69 Å². The number of carbonyl (C=O) groups is 1. The van der Waals surface area contributed by atoms with Gasteiger partial charge in [0.1, 0.15) is 5.82 Å². The van der Waals surface area contributed by atoms with E-state index in [1.807, 2.05) is 0 Å². The molecule has 0 radical (unpaired) electrons. The van der Waals surface area contributed by atoms with Gasteiger partial charge in [0.05, 0.1) is 17.6 Å². The van der Waals surface area contributed by atoms with Gasteiger partial charge < -0.3 is 9.47 Å². The van der Waals surface area contributed by atoms with E-state index in [9.17, 15) is 4.79 Å². The molecule has 1 aliphatic carbocycles. The van der Waals surface area contributed by atoms with E-state index in [1.165, 1.54) is 23.1 Å². The molecule has 1 aromatic heterocycles. The van der Waals surface area contributed by atoms with Crippen LogP contribution in [0.1, 0.15) is 36.2 Å². The summed E-state index contributed by atoms with van der Waals surface area (Å²) >= 11 is 0. The minimum Gasteiger partial charge on any atom is -0.340 e. The Bertz CT molecular complexity index is 1040. The van der Waals surface area contributed by atoms with Crippen LogP contribution in [0.25, 0.3) is 11.0 Å². The van der Waals surface area contributed by atoms with Crippen molar-refractivity contribution >= 4 is 16.9 Å². The Morgan fingerprint density at radius 2 is 1.80 bits per heavy atom. The molecule has 0 atom stereocenters. The molecule has 30 heavy (non-hydrogen) atoms. The smallest absolute Gasteiger partial charge is 0.225 e. The zero-order valence-electron chi connectivity index (χ0n) is 17.8. The van der Waals surface area contributed by atoms with Crippen molar-refractivity contribution in [2.75, 3.05) is 26.2 Å². The van der Waals surface area contributed by atoms with Crippen molar-refractivity contribution < 1.29 is 4.79 Å². The second kappa shape index (κ2) is 8.23. The second-order valence-corrected chi connectivity index (χ2v) is 8.82. The number of nitrogens with zero attached hydrogens (tertiary/aromatic N) is 4. The van der Waals surface area contributed by atoms with E-state index in [1.54, 1.807) is 0 Å². The number of carbonyl (C=O) groups excluding carboxylic acids is 1. The maximum Gasteiger partial charge on any atom is 0.225 e. The highest BCUT2D eigenvalue weighted by Crippen LogP contribution is 2.28. The summed E-state index contributed by atoms with van der Waals surface area (Å²) in [4.78, 5) is 22.0. The summed E-state index contributed by atoms with van der Waals surface area (Å²) in [6.07, 6.45) is 3.39. The molecule has 3 aromatic rings. The average Bonchev–Trinajstić information content (AvgIpc) is 3.04. The number of piperazine rings is 1. The molecule has 0 unspecified atom stereocenters. The van der Waals surface area contributed by atoms with Crippen molar-refractivity contribution in [1.82, 2.24) is 19.4 Å². The lowest BCUT2D eigenvalue weighted by Crippen LogP contribution is -2.50. The fourth-order valence-electron chi connectivity index (χ4n) is 4.66. The predicted octanol–water partition coefficient (Wildman–Crippen LogP) is 3.84. The van der Waals surface area contributed by atoms with E-state index in [-0.39, 0.29) is 0 Å². The Kier molecular flexibility index (Phi) is 5.30. The lowest BCUT2D eigenvalue weighted by atomic mass is 9.84. The lowest BCUT2D eigenvalue weighted by Gasteiger charge is -2.38. The first-order chi connectivity index (χ1) is 14.7. The predicted molar refractivity (Wildman–Crippen MR) is 119 cm³/mol. The number of para-hydroxylation sites is 2. The van der Waals surface area contributed by atoms with Gasteiger partial charge in [0.2, 0.25) is 5.91 Å². The highest BCUT2D eigenvalue weighted by molar-refractivity contribution is 5.79. The fourth-order valence-corrected chi connectivity index (χ4v) is 4.66. The SMILES string of the molecule is Cc1cccc(Cn2c(CN3CCN(C(=O)C4CCC4)CC3)nc3ccccc32)c1. The van der Waals surface area contributed by atoms with E-state index in [2.05, 4.69) is 69.8 Å². The molecule has 5 nitrogen and oxygen atoms in total. The third-order valence-electron chi connectivity index (χ3n) is 6.66. The van der Waals surface area contributed by atoms with Gasteiger partial charge in [0, 0.05) is 38.6 Å². The number of fused-ring (bicyclic) bond motifs is 1. The molecular formula is C25H30N4O. The number of aromatic nitrogens is 2. The number of hydrogen-bond acceptors (Lipinski definition) is 3. The van der Waals surface area contributed by atoms with Crippen molar-refractivity contribution in [3.05, 3.63) is 65.5 Å². The summed E-state index contributed by atoms with van der Waals surface area (Å²) in [7, 11) is 0. The monoisotopic (exact) mass is 402 g/mol. The normalized spacial score (nSPS) is 18.0. The molecule has 0 spiro atoms. The van der Waals surface area contributed by atoms with E-state index in [0.29, 0.717) is 11.8 Å². The number of hydrogen-bond donors (Lipinski definition) is 0. The van der Waals surface area contributed by atoms with Gasteiger partial charge in [-0.25, -0.2) is 4.98 Å². The molecule has 2 aromatic carbocycles. The maximum absolute atomic E-state index is 12.5. The Labute approximate surface area is 178 Å². The topological polar surface area (TPSA) is 41.4 Å². The maximum atomic E-state index is 12.5. The Hall–Kier alpha value is -2.66. The molecule has 2 fully saturated rings. The highest BCUT2D eigenvalue weighted by atomic mass is 16.2. The van der Waals surface area contributed by atoms with Gasteiger partial charge in [0.15, 0.2) is 0 Å². The van der Waals surface area contributed by atoms with Crippen LogP contribution in [0.5, 0.6) is 0 Å². The molecule has 5 rings (SSSR count). The zero-order valence-corrected chi connectivity index (χ0v) is 17.8. The Morgan fingerprint density at radius 1 is 1.00 bits per heavy atom. The molecule has 5 heteroatoms. The van der Waals surface area contributed by atoms with Crippen molar-refractivity contribution in [1.29, 1.82) is 0 Å². The van der Waals surface area contributed by atoms with Gasteiger partial charge in [-0.05, 0) is 37.5 Å². The average molecular weight is 403 g/mol. The van der Waals surface area contributed by atoms with Crippen LogP contribution in [0.2, 0.25) is 0 Å². The third-order valence-corrected chi connectivity index (χ3v) is 6.66. The van der Waals surface area contributed by atoms with Gasteiger partial charge in [-0.2, -0.15) is 0 Å². The van der Waals surface area contributed by atoms with Crippen molar-refractivity contribution in [2.24, 2.45) is 5.92 Å². The summed E-state index contributed by atoms with van der Waals surface area (Å²) in [5, 5.41) is 0. The van der Waals surface area contributed by atoms with Crippen LogP contribution < -0.4 is 0 Å². The van der Waals surface area contributed by atoms with Gasteiger partial charge in [-0.1, -0.05) is 48.4 Å². The van der Waals surface area contributed by atoms with Crippen LogP contribution in [0.3, 0.4) is 0 Å². The number of benzene rings is 2. The molecule has 2 heterocycles. The third kappa shape index (κ3) is 3.86. The quantitative estimate of drug-likeness (QED) is 0.651. The number of aryl methyl sites for hydroxylation is 1. The second-order valence-electron chi connectivity index (χ2n) is 8.82. The largest absolute Gasteiger partial charge is 0.340 e. The summed E-state index contributed by atoms with van der Waals surface area (Å²) in [5.41, 5.74) is 4.83. The summed E-state index contributed by atoms with van der Waals surface area (Å²) in [6, 6.07) is 17.1. The minimum atomic E-state index is 0.301. The first kappa shape index (κ1) is 19.3. The standard InChI is InChI=1S/C25H30N4O/c1-19-6-4-7-20(16-19)17-29-23-11-3-2-10-22(23)26-24(29)18-27-12-14-28(15-13-27)25(30)21-8-5-9-21/h2-4,6-7,10-11,16,21H,5,8-9,12-15,17-18H2,1H3. The first-order valence-corrected chi connectivity index (χ1v) is 11.2. The fraction of sp³-hybridized carbons (Fsp3) is 0.440. The zero-order chi connectivity index (χ0) is 20.5. The van der Waals surface area contributed by atoms with E-state index >= 15 is 0 Å². The van der Waals surface area contributed by atoms with Crippen LogP contribution in [0, 0.1) is 12.8 Å². The highest BCUT2D eigenvalue weighted by Gasteiger charge is 2.31. The van der Waals surface area contributed by atoms with Crippen LogP contribution in [-0.2, 0) is 17.9 Å². The van der Waals surface area contributed by atoms with Crippen LogP contribution in [0.15, 0.2) is 48.5 Å². The molecule has 1 saturated heterocycles. The molecule has 0 bridgehead atoms. The van der Waals surface area contributed by atoms with Gasteiger partial charge in [-0.15, -0.1) is 0 Å². The lowest BCUT2D eigenvalue weighted by molar-refractivity contribution is -0.140. The van der Waals surface area contributed by atoms with E-state index < -0.39 is 0 Å². The summed E-state index contributed by atoms with van der Waals surface area (Å²) < 4.78 is 2.36. The molecule has 0 N–H and O–H groups in total. The minimum absolute atomic E-state index is 0.301. The van der Waals surface area contributed by atoms with E-state index in [4.69, 9.17) is 4.98 Å². The van der Waals surface area contributed by atoms with Gasteiger partial charge in [0.25, 0.3) is 0 Å². The Morgan fingerprint density at radius 3 is 2.53 bits per heavy atom. The molecular weight excluding hydrogens is 372 g/mol. The van der Waals surface area contributed by atoms with Crippen molar-refractivity contribution in [3.63, 3.8) is 0 Å². The van der Waals surface area contributed by atoms with Crippen LogP contribution >= 0.6 is 0 Å². The Balaban J connectivity index is 1.32. The molecule has 1 saturated carbocycles. The number of imidazole rings is 1. The molecule has 1 aliphatic heterocycles. The molecule has 2 aliphatic rings. The van der Waals surface area contributed by atoms with Crippen LogP contribution in [-0.4, -0.2) is 51.4 Å². The van der Waals surface area contributed by atoms with Crippen molar-refractivity contribution in [3.8, 4) is 0 Å². The molecule has 1 amide bonds. The van der Waals surface area contributed by atoms with Crippen LogP contribution in [0.4, 0.5) is 0 Å².